The maximum absolute atomic E-state index is 10.3. The van der Waals surface area contributed by atoms with Crippen LogP contribution >= 0.6 is 0 Å². The normalized spacial score (nSPS) is 24.6. The first-order valence-electron chi connectivity index (χ1n) is 2.83. The average molecular weight is 128 g/mol. The van der Waals surface area contributed by atoms with E-state index in [2.05, 4.69) is 4.74 Å². The molecule has 0 amide bonds. The van der Waals surface area contributed by atoms with E-state index in [1.54, 1.807) is 6.08 Å². The van der Waals surface area contributed by atoms with Crippen molar-refractivity contribution in [1.29, 1.82) is 0 Å². The van der Waals surface area contributed by atoms with Gasteiger partial charge in [0.1, 0.15) is 0 Å². The van der Waals surface area contributed by atoms with Crippen molar-refractivity contribution < 1.29 is 14.3 Å². The number of ether oxygens (including phenoxy) is 2. The Bertz CT molecular complexity index is 139. The van der Waals surface area contributed by atoms with E-state index in [9.17, 15) is 4.79 Å². The minimum atomic E-state index is -0.442. The summed E-state index contributed by atoms with van der Waals surface area (Å²) in [5.74, 6) is -0.326. The van der Waals surface area contributed by atoms with E-state index in [1.165, 1.54) is 6.08 Å². The molecule has 0 bridgehead atoms. The van der Waals surface area contributed by atoms with Crippen LogP contribution in [0.4, 0.5) is 0 Å². The Morgan fingerprint density at radius 2 is 2.67 bits per heavy atom. The molecule has 0 aromatic rings. The van der Waals surface area contributed by atoms with E-state index in [0.717, 1.165) is 0 Å². The lowest BCUT2D eigenvalue weighted by atomic mass is 10.5. The second-order valence-electron chi connectivity index (χ2n) is 1.62. The van der Waals surface area contributed by atoms with Gasteiger partial charge in [-0.1, -0.05) is 0 Å². The van der Waals surface area contributed by atoms with Crippen LogP contribution in [0.3, 0.4) is 0 Å². The van der Waals surface area contributed by atoms with Gasteiger partial charge < -0.3 is 9.47 Å². The molecule has 3 heteroatoms. The quantitative estimate of drug-likeness (QED) is 0.507. The van der Waals surface area contributed by atoms with Crippen molar-refractivity contribution in [2.24, 2.45) is 0 Å². The molecule has 0 saturated carbocycles. The highest BCUT2D eigenvalue weighted by atomic mass is 16.7. The minimum Gasteiger partial charge on any atom is -0.429 e. The summed E-state index contributed by atoms with van der Waals surface area (Å²) in [5, 5.41) is 0. The van der Waals surface area contributed by atoms with E-state index in [0.29, 0.717) is 6.61 Å². The monoisotopic (exact) mass is 128 g/mol. The Balaban J connectivity index is 2.32. The molecule has 0 radical (unpaired) electrons. The third-order valence-electron chi connectivity index (χ3n) is 0.953. The molecule has 1 aliphatic heterocycles. The second kappa shape index (κ2) is 2.64. The molecule has 0 aromatic carbocycles. The Morgan fingerprint density at radius 1 is 1.89 bits per heavy atom. The summed E-state index contributed by atoms with van der Waals surface area (Å²) < 4.78 is 9.57. The van der Waals surface area contributed by atoms with E-state index in [4.69, 9.17) is 4.74 Å². The first-order valence-corrected chi connectivity index (χ1v) is 2.83. The molecule has 1 rings (SSSR count). The molecular formula is C6H8O3. The molecule has 3 nitrogen and oxygen atoms in total. The van der Waals surface area contributed by atoms with Gasteiger partial charge in [-0.2, -0.15) is 0 Å². The van der Waals surface area contributed by atoms with Crippen LogP contribution in [-0.2, 0) is 14.3 Å². The highest BCUT2D eigenvalue weighted by Gasteiger charge is 2.14. The van der Waals surface area contributed by atoms with Gasteiger partial charge in [0, 0.05) is 12.7 Å². The molecule has 0 N–H and O–H groups in total. The fourth-order valence-electron chi connectivity index (χ4n) is 0.604. The van der Waals surface area contributed by atoms with Crippen molar-refractivity contribution in [3.63, 3.8) is 0 Å². The number of carbonyl (C=O) groups excluding carboxylic acids is 1. The zero-order valence-electron chi connectivity index (χ0n) is 5.16. The van der Waals surface area contributed by atoms with Gasteiger partial charge in [-0.15, -0.1) is 0 Å². The molecule has 0 unspecified atom stereocenters. The predicted molar refractivity (Wildman–Crippen MR) is 30.6 cm³/mol. The van der Waals surface area contributed by atoms with Crippen molar-refractivity contribution >= 4 is 5.97 Å². The SMILES string of the molecule is CCO[C@@H]1C=CC(=O)O1. The largest absolute Gasteiger partial charge is 0.429 e. The summed E-state index contributed by atoms with van der Waals surface area (Å²) in [7, 11) is 0. The molecule has 1 atom stereocenters. The fraction of sp³-hybridized carbons (Fsp3) is 0.500. The first-order chi connectivity index (χ1) is 4.33. The van der Waals surface area contributed by atoms with Gasteiger partial charge >= 0.3 is 5.97 Å². The minimum absolute atomic E-state index is 0.326. The number of esters is 1. The number of rotatable bonds is 2. The van der Waals surface area contributed by atoms with Gasteiger partial charge in [-0.3, -0.25) is 0 Å². The summed E-state index contributed by atoms with van der Waals surface area (Å²) in [6, 6.07) is 0. The van der Waals surface area contributed by atoms with E-state index in [1.807, 2.05) is 6.92 Å². The van der Waals surface area contributed by atoms with Gasteiger partial charge in [0.15, 0.2) is 0 Å². The van der Waals surface area contributed by atoms with E-state index in [-0.39, 0.29) is 5.97 Å². The summed E-state index contributed by atoms with van der Waals surface area (Å²) in [6.07, 6.45) is 2.51. The summed E-state index contributed by atoms with van der Waals surface area (Å²) >= 11 is 0. The number of hydrogen-bond donors (Lipinski definition) is 0. The third kappa shape index (κ3) is 1.54. The van der Waals surface area contributed by atoms with E-state index >= 15 is 0 Å². The predicted octanol–water partition coefficient (Wildman–Crippen LogP) is 0.462. The maximum atomic E-state index is 10.3. The Labute approximate surface area is 53.3 Å². The van der Waals surface area contributed by atoms with Crippen LogP contribution in [0.15, 0.2) is 12.2 Å². The number of hydrogen-bond acceptors (Lipinski definition) is 3. The van der Waals surface area contributed by atoms with Crippen LogP contribution < -0.4 is 0 Å². The van der Waals surface area contributed by atoms with Crippen LogP contribution in [0.5, 0.6) is 0 Å². The number of cyclic esters (lactones) is 1. The van der Waals surface area contributed by atoms with Gasteiger partial charge in [-0.05, 0) is 13.0 Å². The van der Waals surface area contributed by atoms with Crippen LogP contribution in [0.2, 0.25) is 0 Å². The summed E-state index contributed by atoms with van der Waals surface area (Å²) in [4.78, 5) is 10.3. The van der Waals surface area contributed by atoms with Crippen molar-refractivity contribution in [2.45, 2.75) is 13.2 Å². The lowest BCUT2D eigenvalue weighted by Crippen LogP contribution is -2.11. The lowest BCUT2D eigenvalue weighted by Gasteiger charge is -2.05. The first kappa shape index (κ1) is 6.29. The van der Waals surface area contributed by atoms with Crippen molar-refractivity contribution in [2.75, 3.05) is 6.61 Å². The molecule has 9 heavy (non-hydrogen) atoms. The van der Waals surface area contributed by atoms with Crippen LogP contribution in [0.1, 0.15) is 6.92 Å². The smallest absolute Gasteiger partial charge is 0.333 e. The lowest BCUT2D eigenvalue weighted by molar-refractivity contribution is -0.157. The topological polar surface area (TPSA) is 35.5 Å². The molecule has 1 heterocycles. The maximum Gasteiger partial charge on any atom is 0.333 e. The molecular weight excluding hydrogens is 120 g/mol. The van der Waals surface area contributed by atoms with Crippen molar-refractivity contribution in [1.82, 2.24) is 0 Å². The van der Waals surface area contributed by atoms with Crippen LogP contribution in [-0.4, -0.2) is 18.9 Å². The highest BCUT2D eigenvalue weighted by Crippen LogP contribution is 2.04. The van der Waals surface area contributed by atoms with Gasteiger partial charge in [-0.25, -0.2) is 4.79 Å². The van der Waals surface area contributed by atoms with Crippen LogP contribution in [0, 0.1) is 0 Å². The standard InChI is InChI=1S/C6H8O3/c1-2-8-6-4-3-5(7)9-6/h3-4,6H,2H2,1H3/t6-/m0/s1. The molecule has 0 spiro atoms. The number of carbonyl (C=O) groups is 1. The second-order valence-corrected chi connectivity index (χ2v) is 1.62. The van der Waals surface area contributed by atoms with Gasteiger partial charge in [0.2, 0.25) is 6.29 Å². The average Bonchev–Trinajstić information content (AvgIpc) is 2.17. The Kier molecular flexibility index (Phi) is 1.85. The summed E-state index contributed by atoms with van der Waals surface area (Å²) in [5.41, 5.74) is 0. The molecule has 0 saturated heterocycles. The Morgan fingerprint density at radius 3 is 3.11 bits per heavy atom. The Hall–Kier alpha value is -0.830. The fourth-order valence-corrected chi connectivity index (χ4v) is 0.604. The van der Waals surface area contributed by atoms with Gasteiger partial charge in [0.25, 0.3) is 0 Å². The van der Waals surface area contributed by atoms with Crippen molar-refractivity contribution in [3.05, 3.63) is 12.2 Å². The summed E-state index contributed by atoms with van der Waals surface area (Å²) in [6.45, 7) is 2.41. The zero-order chi connectivity index (χ0) is 6.69. The van der Waals surface area contributed by atoms with Crippen LogP contribution in [0.25, 0.3) is 0 Å². The van der Waals surface area contributed by atoms with Crippen molar-refractivity contribution in [3.8, 4) is 0 Å². The van der Waals surface area contributed by atoms with Gasteiger partial charge in [0.05, 0.1) is 0 Å². The molecule has 0 fully saturated rings. The van der Waals surface area contributed by atoms with E-state index < -0.39 is 6.29 Å². The third-order valence-corrected chi connectivity index (χ3v) is 0.953. The molecule has 0 aromatic heterocycles. The molecule has 50 valence electrons. The zero-order valence-corrected chi connectivity index (χ0v) is 5.16. The highest BCUT2D eigenvalue weighted by molar-refractivity contribution is 5.84. The molecule has 0 aliphatic carbocycles. The molecule has 1 aliphatic rings.